The van der Waals surface area contributed by atoms with E-state index < -0.39 is 0 Å². The predicted molar refractivity (Wildman–Crippen MR) is 98.3 cm³/mol. The molecule has 25 heavy (non-hydrogen) atoms. The molecule has 0 bridgehead atoms. The molecule has 0 radical (unpaired) electrons. The lowest BCUT2D eigenvalue weighted by Crippen LogP contribution is -2.29. The van der Waals surface area contributed by atoms with Gasteiger partial charge >= 0.3 is 0 Å². The molecule has 4 aromatic heterocycles. The quantitative estimate of drug-likeness (QED) is 0.591. The highest BCUT2D eigenvalue weighted by Gasteiger charge is 2.18. The smallest absolute Gasteiger partial charge is 0.160 e. The van der Waals surface area contributed by atoms with Gasteiger partial charge in [0.15, 0.2) is 5.65 Å². The van der Waals surface area contributed by atoms with Gasteiger partial charge in [0.1, 0.15) is 18.0 Å². The van der Waals surface area contributed by atoms with E-state index in [4.69, 9.17) is 0 Å². The molecule has 1 aliphatic heterocycles. The van der Waals surface area contributed by atoms with Crippen LogP contribution < -0.4 is 10.2 Å². The molecule has 124 valence electrons. The first-order chi connectivity index (χ1) is 12.4. The lowest BCUT2D eigenvalue weighted by Gasteiger charge is -2.28. The molecule has 0 saturated carbocycles. The summed E-state index contributed by atoms with van der Waals surface area (Å²) >= 11 is 1.85. The van der Waals surface area contributed by atoms with Crippen LogP contribution in [-0.4, -0.2) is 31.7 Å². The Morgan fingerprint density at radius 3 is 3.04 bits per heavy atom. The second-order valence-electron chi connectivity index (χ2n) is 5.93. The number of rotatable bonds is 3. The van der Waals surface area contributed by atoms with Crippen LogP contribution in [0.2, 0.25) is 0 Å². The van der Waals surface area contributed by atoms with E-state index in [1.807, 2.05) is 29.7 Å². The monoisotopic (exact) mass is 349 g/mol. The van der Waals surface area contributed by atoms with Gasteiger partial charge in [0.05, 0.1) is 23.5 Å². The van der Waals surface area contributed by atoms with Crippen LogP contribution in [0.4, 0.5) is 17.3 Å². The van der Waals surface area contributed by atoms with Crippen LogP contribution in [0.1, 0.15) is 10.4 Å². The van der Waals surface area contributed by atoms with Crippen molar-refractivity contribution < 1.29 is 0 Å². The largest absolute Gasteiger partial charge is 0.352 e. The Morgan fingerprint density at radius 1 is 1.12 bits per heavy atom. The second-order valence-corrected chi connectivity index (χ2v) is 6.93. The second kappa shape index (κ2) is 5.82. The Hall–Kier alpha value is -3.00. The molecule has 0 atom stereocenters. The summed E-state index contributed by atoms with van der Waals surface area (Å²) in [6.07, 6.45) is 6.16. The van der Waals surface area contributed by atoms with Crippen LogP contribution in [0.5, 0.6) is 0 Å². The van der Waals surface area contributed by atoms with Gasteiger partial charge < -0.3 is 10.2 Å². The van der Waals surface area contributed by atoms with Crippen molar-refractivity contribution in [3.63, 3.8) is 0 Å². The van der Waals surface area contributed by atoms with Gasteiger partial charge in [-0.25, -0.2) is 15.0 Å². The number of nitrogens with one attached hydrogen (secondary N) is 2. The predicted octanol–water partition coefficient (Wildman–Crippen LogP) is 3.12. The molecule has 0 fully saturated rings. The van der Waals surface area contributed by atoms with E-state index in [-0.39, 0.29) is 0 Å². The summed E-state index contributed by atoms with van der Waals surface area (Å²) in [4.78, 5) is 16.9. The van der Waals surface area contributed by atoms with Crippen molar-refractivity contribution in [3.8, 4) is 0 Å². The maximum Gasteiger partial charge on any atom is 0.160 e. The van der Waals surface area contributed by atoms with Gasteiger partial charge in [-0.05, 0) is 35.6 Å². The first kappa shape index (κ1) is 14.4. The van der Waals surface area contributed by atoms with Crippen LogP contribution in [-0.2, 0) is 13.0 Å². The van der Waals surface area contributed by atoms with Crippen LogP contribution in [0, 0.1) is 0 Å². The number of anilines is 3. The summed E-state index contributed by atoms with van der Waals surface area (Å²) in [5.41, 5.74) is 3.02. The van der Waals surface area contributed by atoms with Crippen LogP contribution in [0.3, 0.4) is 0 Å². The van der Waals surface area contributed by atoms with Gasteiger partial charge in [-0.2, -0.15) is 5.10 Å². The molecule has 2 N–H and O–H groups in total. The van der Waals surface area contributed by atoms with Gasteiger partial charge in [0, 0.05) is 18.0 Å². The maximum atomic E-state index is 4.62. The SMILES string of the molecule is c1nc(Nc2ccc(N3CCc4sccc4C3)nc2)c2cn[nH]c2n1. The van der Waals surface area contributed by atoms with E-state index in [0.29, 0.717) is 11.5 Å². The molecule has 1 aliphatic rings. The fourth-order valence-electron chi connectivity index (χ4n) is 3.09. The van der Waals surface area contributed by atoms with Gasteiger partial charge in [0.25, 0.3) is 0 Å². The number of nitrogens with zero attached hydrogens (tertiary/aromatic N) is 5. The Balaban J connectivity index is 1.36. The summed E-state index contributed by atoms with van der Waals surface area (Å²) < 4.78 is 0. The molecule has 5 rings (SSSR count). The van der Waals surface area contributed by atoms with E-state index in [1.54, 1.807) is 6.20 Å². The number of thiophene rings is 1. The van der Waals surface area contributed by atoms with Crippen molar-refractivity contribution in [3.05, 3.63) is 52.7 Å². The van der Waals surface area contributed by atoms with Crippen molar-refractivity contribution in [2.45, 2.75) is 13.0 Å². The average Bonchev–Trinajstić information content (AvgIpc) is 3.31. The molecule has 0 saturated heterocycles. The Kier molecular flexibility index (Phi) is 3.34. The molecule has 7 nitrogen and oxygen atoms in total. The van der Waals surface area contributed by atoms with Gasteiger partial charge in [0.2, 0.25) is 0 Å². The Morgan fingerprint density at radius 2 is 2.12 bits per heavy atom. The molecule has 5 heterocycles. The number of aromatic nitrogens is 5. The summed E-state index contributed by atoms with van der Waals surface area (Å²) in [5, 5.41) is 13.2. The van der Waals surface area contributed by atoms with Gasteiger partial charge in [-0.1, -0.05) is 0 Å². The van der Waals surface area contributed by atoms with Crippen molar-refractivity contribution >= 4 is 39.7 Å². The van der Waals surface area contributed by atoms with E-state index >= 15 is 0 Å². The molecule has 0 amide bonds. The molecular formula is C17H15N7S. The topological polar surface area (TPSA) is 82.6 Å². The average molecular weight is 349 g/mol. The standard InChI is InChI=1S/C17H15N7S/c1-2-15(24-5-3-14-11(9-24)4-6-25-14)18-7-12(1)22-16-13-8-21-23-17(13)20-10-19-16/h1-2,4,6-8,10H,3,5,9H2,(H2,19,20,21,22,23). The highest BCUT2D eigenvalue weighted by Crippen LogP contribution is 2.28. The fraction of sp³-hybridized carbons (Fsp3) is 0.176. The van der Waals surface area contributed by atoms with Crippen molar-refractivity contribution in [2.75, 3.05) is 16.8 Å². The minimum Gasteiger partial charge on any atom is -0.352 e. The molecule has 0 aromatic carbocycles. The number of H-pyrrole nitrogens is 1. The normalized spacial score (nSPS) is 13.8. The highest BCUT2D eigenvalue weighted by atomic mass is 32.1. The summed E-state index contributed by atoms with van der Waals surface area (Å²) in [6.45, 7) is 1.94. The number of pyridine rings is 1. The lowest BCUT2D eigenvalue weighted by atomic mass is 10.1. The molecule has 0 spiro atoms. The maximum absolute atomic E-state index is 4.62. The first-order valence-corrected chi connectivity index (χ1v) is 8.92. The lowest BCUT2D eigenvalue weighted by molar-refractivity contribution is 0.732. The third-order valence-electron chi connectivity index (χ3n) is 4.39. The summed E-state index contributed by atoms with van der Waals surface area (Å²) in [6, 6.07) is 6.29. The summed E-state index contributed by atoms with van der Waals surface area (Å²) in [5.74, 6) is 1.72. The molecular weight excluding hydrogens is 334 g/mol. The molecule has 8 heteroatoms. The minimum atomic E-state index is 0.710. The zero-order valence-electron chi connectivity index (χ0n) is 13.3. The van der Waals surface area contributed by atoms with Gasteiger partial charge in [-0.15, -0.1) is 11.3 Å². The van der Waals surface area contributed by atoms with Crippen molar-refractivity contribution in [1.82, 2.24) is 25.1 Å². The third kappa shape index (κ3) is 2.60. The summed E-state index contributed by atoms with van der Waals surface area (Å²) in [7, 11) is 0. The zero-order chi connectivity index (χ0) is 16.6. The van der Waals surface area contributed by atoms with E-state index in [2.05, 4.69) is 46.8 Å². The Labute approximate surface area is 147 Å². The Bertz CT molecular complexity index is 1020. The third-order valence-corrected chi connectivity index (χ3v) is 5.41. The fourth-order valence-corrected chi connectivity index (χ4v) is 3.98. The van der Waals surface area contributed by atoms with E-state index in [1.165, 1.54) is 16.8 Å². The first-order valence-electron chi connectivity index (χ1n) is 8.04. The van der Waals surface area contributed by atoms with Crippen LogP contribution in [0.25, 0.3) is 11.0 Å². The zero-order valence-corrected chi connectivity index (χ0v) is 14.1. The van der Waals surface area contributed by atoms with Crippen LogP contribution >= 0.6 is 11.3 Å². The number of fused-ring (bicyclic) bond motifs is 2. The van der Waals surface area contributed by atoms with Crippen molar-refractivity contribution in [2.24, 2.45) is 0 Å². The number of hydrogen-bond acceptors (Lipinski definition) is 7. The van der Waals surface area contributed by atoms with Crippen LogP contribution in [0.15, 0.2) is 42.3 Å². The number of hydrogen-bond donors (Lipinski definition) is 2. The van der Waals surface area contributed by atoms with Gasteiger partial charge in [-0.3, -0.25) is 5.10 Å². The minimum absolute atomic E-state index is 0.710. The highest BCUT2D eigenvalue weighted by molar-refractivity contribution is 7.10. The van der Waals surface area contributed by atoms with E-state index in [0.717, 1.165) is 36.4 Å². The van der Waals surface area contributed by atoms with E-state index in [9.17, 15) is 0 Å². The molecule has 0 unspecified atom stereocenters. The molecule has 0 aliphatic carbocycles. The molecule has 4 aromatic rings. The van der Waals surface area contributed by atoms with Crippen molar-refractivity contribution in [1.29, 1.82) is 0 Å². The number of aromatic amines is 1.